The summed E-state index contributed by atoms with van der Waals surface area (Å²) >= 11 is 0. The Morgan fingerprint density at radius 2 is 1.93 bits per heavy atom. The van der Waals surface area contributed by atoms with Gasteiger partial charge in [0.1, 0.15) is 0 Å². The van der Waals surface area contributed by atoms with Crippen LogP contribution >= 0.6 is 0 Å². The molecule has 3 fully saturated rings. The molecule has 6 nitrogen and oxygen atoms in total. The zero-order valence-corrected chi connectivity index (χ0v) is 17.2. The molecule has 0 spiro atoms. The second-order valence-corrected chi connectivity index (χ2v) is 9.13. The van der Waals surface area contributed by atoms with Crippen LogP contribution in [0.2, 0.25) is 0 Å². The van der Waals surface area contributed by atoms with Crippen molar-refractivity contribution in [2.75, 3.05) is 13.1 Å². The Morgan fingerprint density at radius 3 is 2.62 bits per heavy atom. The van der Waals surface area contributed by atoms with Gasteiger partial charge in [0.05, 0.1) is 18.2 Å². The second kappa shape index (κ2) is 8.07. The van der Waals surface area contributed by atoms with E-state index in [-0.39, 0.29) is 23.9 Å². The van der Waals surface area contributed by atoms with Gasteiger partial charge in [0.25, 0.3) is 0 Å². The maximum absolute atomic E-state index is 13.4. The van der Waals surface area contributed by atoms with Crippen LogP contribution in [-0.2, 0) is 9.59 Å². The Hall–Kier alpha value is -1.92. The molecule has 2 heterocycles. The van der Waals surface area contributed by atoms with E-state index in [2.05, 4.69) is 0 Å². The minimum absolute atomic E-state index is 0.0378. The third-order valence-electron chi connectivity index (χ3n) is 7.32. The molecule has 2 amide bonds. The van der Waals surface area contributed by atoms with Gasteiger partial charge in [-0.2, -0.15) is 0 Å². The molecule has 5 atom stereocenters. The summed E-state index contributed by atoms with van der Waals surface area (Å²) in [5.41, 5.74) is 0.518. The van der Waals surface area contributed by atoms with Crippen molar-refractivity contribution in [3.05, 3.63) is 35.9 Å². The van der Waals surface area contributed by atoms with Gasteiger partial charge < -0.3 is 20.0 Å². The highest BCUT2D eigenvalue weighted by atomic mass is 16.3. The van der Waals surface area contributed by atoms with Crippen molar-refractivity contribution in [3.8, 4) is 0 Å². The monoisotopic (exact) mass is 400 g/mol. The summed E-state index contributed by atoms with van der Waals surface area (Å²) < 4.78 is 0. The molecule has 2 aliphatic heterocycles. The third kappa shape index (κ3) is 3.68. The number of hydrogen-bond donors (Lipinski definition) is 2. The summed E-state index contributed by atoms with van der Waals surface area (Å²) in [6.45, 7) is 3.22. The number of hydrogen-bond acceptors (Lipinski definition) is 4. The summed E-state index contributed by atoms with van der Waals surface area (Å²) in [6.07, 6.45) is 2.92. The zero-order valence-electron chi connectivity index (χ0n) is 17.2. The highest BCUT2D eigenvalue weighted by molar-refractivity contribution is 5.81. The lowest BCUT2D eigenvalue weighted by Gasteiger charge is -2.38. The number of carbonyl (C=O) groups excluding carboxylic acids is 2. The van der Waals surface area contributed by atoms with Crippen molar-refractivity contribution in [2.45, 2.75) is 76.2 Å². The fraction of sp³-hybridized carbons (Fsp3) is 0.652. The first-order valence-corrected chi connectivity index (χ1v) is 10.9. The van der Waals surface area contributed by atoms with E-state index in [1.54, 1.807) is 4.90 Å². The van der Waals surface area contributed by atoms with Crippen LogP contribution < -0.4 is 0 Å². The summed E-state index contributed by atoms with van der Waals surface area (Å²) in [5, 5.41) is 21.4. The first-order valence-electron chi connectivity index (χ1n) is 10.9. The molecule has 0 radical (unpaired) electrons. The summed E-state index contributed by atoms with van der Waals surface area (Å²) in [6, 6.07) is 9.75. The molecule has 4 rings (SSSR count). The lowest BCUT2D eigenvalue weighted by atomic mass is 9.74. The van der Waals surface area contributed by atoms with E-state index < -0.39 is 17.6 Å². The maximum atomic E-state index is 13.4. The summed E-state index contributed by atoms with van der Waals surface area (Å²) in [4.78, 5) is 29.1. The van der Waals surface area contributed by atoms with Crippen LogP contribution in [0.25, 0.3) is 0 Å². The molecule has 1 saturated carbocycles. The molecule has 1 aliphatic carbocycles. The lowest BCUT2D eigenvalue weighted by molar-refractivity contribution is -0.137. The molecule has 158 valence electrons. The molecule has 2 N–H and O–H groups in total. The number of nitrogens with zero attached hydrogens (tertiary/aromatic N) is 2. The van der Waals surface area contributed by atoms with E-state index in [4.69, 9.17) is 0 Å². The number of carbonyl (C=O) groups is 2. The maximum Gasteiger partial charge on any atom is 0.225 e. The van der Waals surface area contributed by atoms with E-state index in [0.29, 0.717) is 32.2 Å². The molecular weight excluding hydrogens is 368 g/mol. The van der Waals surface area contributed by atoms with E-state index >= 15 is 0 Å². The highest BCUT2D eigenvalue weighted by Gasteiger charge is 2.56. The zero-order chi connectivity index (χ0) is 20.6. The van der Waals surface area contributed by atoms with Crippen LogP contribution in [0.15, 0.2) is 30.3 Å². The Kier molecular flexibility index (Phi) is 5.67. The van der Waals surface area contributed by atoms with Crippen molar-refractivity contribution in [3.63, 3.8) is 0 Å². The molecule has 0 aromatic heterocycles. The number of benzene rings is 1. The standard InChI is InChI=1S/C23H32N2O4/c1-23-15-17(16-7-3-2-4-8-16)25(19(23)10-5-9-18(26)22(23)29)21(28)12-14-24-13-6-11-20(24)27/h2-4,7-8,17-19,22,26,29H,5-6,9-15H2,1H3/t17-,18-,19-,22+,23-/m1/s1. The van der Waals surface area contributed by atoms with Gasteiger partial charge in [-0.15, -0.1) is 0 Å². The molecule has 0 unspecified atom stereocenters. The van der Waals surface area contributed by atoms with Gasteiger partial charge in [-0.3, -0.25) is 9.59 Å². The first kappa shape index (κ1) is 20.4. The smallest absolute Gasteiger partial charge is 0.225 e. The predicted molar refractivity (Wildman–Crippen MR) is 109 cm³/mol. The first-order chi connectivity index (χ1) is 13.9. The Bertz CT molecular complexity index is 755. The minimum atomic E-state index is -0.848. The number of fused-ring (bicyclic) bond motifs is 1. The van der Waals surface area contributed by atoms with Gasteiger partial charge in [0.2, 0.25) is 11.8 Å². The predicted octanol–water partition coefficient (Wildman–Crippen LogP) is 2.25. The summed E-state index contributed by atoms with van der Waals surface area (Å²) in [5.74, 6) is 0.174. The molecule has 1 aromatic carbocycles. The van der Waals surface area contributed by atoms with Crippen LogP contribution in [0.5, 0.6) is 0 Å². The Balaban J connectivity index is 1.61. The fourth-order valence-electron chi connectivity index (χ4n) is 5.69. The van der Waals surface area contributed by atoms with Crippen LogP contribution in [0, 0.1) is 5.41 Å². The quantitative estimate of drug-likeness (QED) is 0.812. The molecule has 0 bridgehead atoms. The van der Waals surface area contributed by atoms with E-state index in [1.165, 1.54) is 0 Å². The molecule has 29 heavy (non-hydrogen) atoms. The number of likely N-dealkylation sites (tertiary alicyclic amines) is 2. The Labute approximate surface area is 172 Å². The van der Waals surface area contributed by atoms with Crippen molar-refractivity contribution in [2.24, 2.45) is 5.41 Å². The van der Waals surface area contributed by atoms with Crippen molar-refractivity contribution in [1.29, 1.82) is 0 Å². The SMILES string of the molecule is C[C@@]12C[C@H](c3ccccc3)N(C(=O)CCN3CCCC3=O)[C@@H]1CCC[C@@H](O)[C@@H]2O. The van der Waals surface area contributed by atoms with E-state index in [1.807, 2.05) is 42.2 Å². The van der Waals surface area contributed by atoms with Gasteiger partial charge in [-0.1, -0.05) is 37.3 Å². The van der Waals surface area contributed by atoms with Gasteiger partial charge >= 0.3 is 0 Å². The normalized spacial score (nSPS) is 34.9. The van der Waals surface area contributed by atoms with Crippen LogP contribution in [-0.4, -0.2) is 63.2 Å². The van der Waals surface area contributed by atoms with Gasteiger partial charge in [0, 0.05) is 37.4 Å². The fourth-order valence-corrected chi connectivity index (χ4v) is 5.69. The largest absolute Gasteiger partial charge is 0.390 e. The summed E-state index contributed by atoms with van der Waals surface area (Å²) in [7, 11) is 0. The molecule has 6 heteroatoms. The highest BCUT2D eigenvalue weighted by Crippen LogP contribution is 2.53. The van der Waals surface area contributed by atoms with Gasteiger partial charge in [-0.25, -0.2) is 0 Å². The van der Waals surface area contributed by atoms with E-state index in [9.17, 15) is 19.8 Å². The molecule has 2 saturated heterocycles. The topological polar surface area (TPSA) is 81.1 Å². The minimum Gasteiger partial charge on any atom is -0.390 e. The average molecular weight is 401 g/mol. The number of aliphatic hydroxyl groups excluding tert-OH is 2. The number of aliphatic hydroxyl groups is 2. The van der Waals surface area contributed by atoms with Crippen LogP contribution in [0.1, 0.15) is 63.5 Å². The van der Waals surface area contributed by atoms with Gasteiger partial charge in [-0.05, 0) is 37.7 Å². The van der Waals surface area contributed by atoms with Crippen molar-refractivity contribution < 1.29 is 19.8 Å². The second-order valence-electron chi connectivity index (χ2n) is 9.13. The average Bonchev–Trinajstić information content (AvgIpc) is 3.24. The van der Waals surface area contributed by atoms with Crippen molar-refractivity contribution >= 4 is 11.8 Å². The van der Waals surface area contributed by atoms with Gasteiger partial charge in [0.15, 0.2) is 0 Å². The Morgan fingerprint density at radius 1 is 1.17 bits per heavy atom. The molecular formula is C23H32N2O4. The van der Waals surface area contributed by atoms with E-state index in [0.717, 1.165) is 31.4 Å². The third-order valence-corrected chi connectivity index (χ3v) is 7.32. The van der Waals surface area contributed by atoms with Crippen molar-refractivity contribution in [1.82, 2.24) is 9.80 Å². The van der Waals surface area contributed by atoms with Crippen LogP contribution in [0.4, 0.5) is 0 Å². The number of amides is 2. The van der Waals surface area contributed by atoms with Crippen LogP contribution in [0.3, 0.4) is 0 Å². The number of rotatable bonds is 4. The molecule has 1 aromatic rings. The lowest BCUT2D eigenvalue weighted by Crippen LogP contribution is -2.49. The molecule has 3 aliphatic rings.